The van der Waals surface area contributed by atoms with E-state index in [-0.39, 0.29) is 29.4 Å². The molecule has 1 atom stereocenters. The van der Waals surface area contributed by atoms with Gasteiger partial charge >= 0.3 is 6.09 Å². The number of carboxylic acid groups (broad SMARTS) is 1. The molecule has 0 unspecified atom stereocenters. The van der Waals surface area contributed by atoms with Crippen molar-refractivity contribution in [1.82, 2.24) is 10.3 Å². The van der Waals surface area contributed by atoms with Crippen molar-refractivity contribution in [3.8, 4) is 0 Å². The van der Waals surface area contributed by atoms with Crippen LogP contribution in [0.4, 0.5) is 9.18 Å². The molecule has 0 aliphatic carbocycles. The predicted molar refractivity (Wildman–Crippen MR) is 91.2 cm³/mol. The van der Waals surface area contributed by atoms with Crippen LogP contribution in [0.2, 0.25) is 18.1 Å². The third kappa shape index (κ3) is 6.01. The molecule has 0 aliphatic heterocycles. The zero-order chi connectivity index (χ0) is 18.5. The molecule has 0 saturated heterocycles. The number of carbonyl (C=O) groups is 2. The predicted octanol–water partition coefficient (Wildman–Crippen LogP) is 3.45. The smallest absolute Gasteiger partial charge is 0.404 e. The van der Waals surface area contributed by atoms with Gasteiger partial charge in [0.15, 0.2) is 14.1 Å². The van der Waals surface area contributed by atoms with Crippen molar-refractivity contribution < 1.29 is 23.5 Å². The first-order chi connectivity index (χ1) is 10.9. The Labute approximate surface area is 142 Å². The van der Waals surface area contributed by atoms with Crippen molar-refractivity contribution in [2.75, 3.05) is 6.54 Å². The van der Waals surface area contributed by atoms with Crippen molar-refractivity contribution in [1.29, 1.82) is 0 Å². The van der Waals surface area contributed by atoms with E-state index in [1.54, 1.807) is 0 Å². The van der Waals surface area contributed by atoms with Gasteiger partial charge in [0.2, 0.25) is 0 Å². The number of Topliss-reactive ketones (excluding diaryl/α,β-unsaturated/α-hetero) is 1. The average molecular weight is 356 g/mol. The van der Waals surface area contributed by atoms with E-state index in [1.165, 1.54) is 6.20 Å². The summed E-state index contributed by atoms with van der Waals surface area (Å²) in [6, 6.07) is 1.11. The molecule has 2 N–H and O–H groups in total. The van der Waals surface area contributed by atoms with Crippen molar-refractivity contribution in [3.05, 3.63) is 29.8 Å². The zero-order valence-electron chi connectivity index (χ0n) is 14.7. The minimum atomic E-state index is -2.19. The average Bonchev–Trinajstić information content (AvgIpc) is 2.43. The van der Waals surface area contributed by atoms with Gasteiger partial charge < -0.3 is 14.8 Å². The first kappa shape index (κ1) is 20.2. The van der Waals surface area contributed by atoms with E-state index in [2.05, 4.69) is 31.1 Å². The van der Waals surface area contributed by atoms with E-state index in [4.69, 9.17) is 9.53 Å². The third-order valence-electron chi connectivity index (χ3n) is 4.19. The van der Waals surface area contributed by atoms with Crippen LogP contribution < -0.4 is 5.32 Å². The Morgan fingerprint density at radius 2 is 2.00 bits per heavy atom. The number of hydrogen-bond donors (Lipinski definition) is 2. The number of nitrogens with zero attached hydrogens (tertiary/aromatic N) is 1. The largest absolute Gasteiger partial charge is 0.465 e. The van der Waals surface area contributed by atoms with Crippen LogP contribution in [-0.4, -0.2) is 42.9 Å². The second kappa shape index (κ2) is 7.85. The summed E-state index contributed by atoms with van der Waals surface area (Å²) in [5, 5.41) is 11.0. The highest BCUT2D eigenvalue weighted by atomic mass is 28.4. The number of hydrogen-bond acceptors (Lipinski definition) is 4. The van der Waals surface area contributed by atoms with Gasteiger partial charge in [-0.2, -0.15) is 0 Å². The van der Waals surface area contributed by atoms with Gasteiger partial charge in [-0.05, 0) is 24.2 Å². The summed E-state index contributed by atoms with van der Waals surface area (Å²) < 4.78 is 19.4. The molecule has 1 rings (SSSR count). The molecule has 24 heavy (non-hydrogen) atoms. The van der Waals surface area contributed by atoms with Crippen LogP contribution in [-0.2, 0) is 4.43 Å². The zero-order valence-corrected chi connectivity index (χ0v) is 15.7. The lowest BCUT2D eigenvalue weighted by Gasteiger charge is -2.39. The highest BCUT2D eigenvalue weighted by molar-refractivity contribution is 6.74. The van der Waals surface area contributed by atoms with Gasteiger partial charge in [-0.1, -0.05) is 20.8 Å². The highest BCUT2D eigenvalue weighted by Crippen LogP contribution is 2.37. The van der Waals surface area contributed by atoms with Crippen LogP contribution in [0.15, 0.2) is 18.5 Å². The monoisotopic (exact) mass is 356 g/mol. The SMILES string of the molecule is CC(C)(C)[Si](C)(C)O[C@@H](CNC(=O)O)CC(=O)c1cncc(F)c1. The normalized spacial score (nSPS) is 13.4. The second-order valence-electron chi connectivity index (χ2n) is 7.21. The van der Waals surface area contributed by atoms with Gasteiger partial charge in [0, 0.05) is 24.7 Å². The minimum Gasteiger partial charge on any atom is -0.465 e. The standard InChI is InChI=1S/C16H25FN2O4Si/c1-16(2,3)24(4,5)23-13(10-19-15(21)22)7-14(20)11-6-12(17)9-18-8-11/h6,8-9,13,19H,7,10H2,1-5H3,(H,21,22)/t13-/m1/s1. The lowest BCUT2D eigenvalue weighted by Crippen LogP contribution is -2.47. The van der Waals surface area contributed by atoms with E-state index in [1.807, 2.05) is 13.1 Å². The fourth-order valence-electron chi connectivity index (χ4n) is 1.84. The third-order valence-corrected chi connectivity index (χ3v) is 8.72. The molecule has 1 aromatic heterocycles. The van der Waals surface area contributed by atoms with Gasteiger partial charge in [-0.25, -0.2) is 9.18 Å². The number of halogens is 1. The minimum absolute atomic E-state index is 0.00364. The quantitative estimate of drug-likeness (QED) is 0.577. The maximum atomic E-state index is 13.2. The summed E-state index contributed by atoms with van der Waals surface area (Å²) in [6.45, 7) is 10.2. The fraction of sp³-hybridized carbons (Fsp3) is 0.562. The first-order valence-electron chi connectivity index (χ1n) is 7.71. The molecule has 6 nitrogen and oxygen atoms in total. The molecule has 1 amide bonds. The van der Waals surface area contributed by atoms with Crippen molar-refractivity contribution >= 4 is 20.2 Å². The lowest BCUT2D eigenvalue weighted by atomic mass is 10.1. The number of amides is 1. The van der Waals surface area contributed by atoms with E-state index in [0.29, 0.717) is 0 Å². The Balaban J connectivity index is 2.89. The van der Waals surface area contributed by atoms with Gasteiger partial charge in [-0.3, -0.25) is 9.78 Å². The summed E-state index contributed by atoms with van der Waals surface area (Å²) in [7, 11) is -2.19. The summed E-state index contributed by atoms with van der Waals surface area (Å²) in [5.41, 5.74) is 0.147. The maximum Gasteiger partial charge on any atom is 0.404 e. The summed E-state index contributed by atoms with van der Waals surface area (Å²) in [6.07, 6.45) is 0.473. The molecule has 0 saturated carbocycles. The molecule has 0 fully saturated rings. The molecule has 0 radical (unpaired) electrons. The van der Waals surface area contributed by atoms with Crippen LogP contribution >= 0.6 is 0 Å². The molecule has 134 valence electrons. The van der Waals surface area contributed by atoms with Gasteiger partial charge in [0.25, 0.3) is 0 Å². The van der Waals surface area contributed by atoms with Crippen LogP contribution in [0.25, 0.3) is 0 Å². The highest BCUT2D eigenvalue weighted by Gasteiger charge is 2.39. The van der Waals surface area contributed by atoms with Crippen LogP contribution in [0.1, 0.15) is 37.6 Å². The lowest BCUT2D eigenvalue weighted by molar-refractivity contribution is 0.0886. The Kier molecular flexibility index (Phi) is 6.62. The van der Waals surface area contributed by atoms with E-state index < -0.39 is 26.3 Å². The molecule has 1 aromatic rings. The topological polar surface area (TPSA) is 88.5 Å². The molecular formula is C16H25FN2O4Si. The molecule has 0 aromatic carbocycles. The van der Waals surface area contributed by atoms with E-state index >= 15 is 0 Å². The maximum absolute atomic E-state index is 13.2. The number of rotatable bonds is 7. The molecule has 1 heterocycles. The Morgan fingerprint density at radius 1 is 1.38 bits per heavy atom. The van der Waals surface area contributed by atoms with Crippen LogP contribution in [0.3, 0.4) is 0 Å². The van der Waals surface area contributed by atoms with Gasteiger partial charge in [0.1, 0.15) is 5.82 Å². The molecule has 8 heteroatoms. The second-order valence-corrected chi connectivity index (χ2v) is 12.0. The van der Waals surface area contributed by atoms with E-state index in [0.717, 1.165) is 12.3 Å². The summed E-state index contributed by atoms with van der Waals surface area (Å²) in [4.78, 5) is 26.8. The molecule has 0 aliphatic rings. The number of ketones is 1. The number of aromatic nitrogens is 1. The summed E-state index contributed by atoms with van der Waals surface area (Å²) in [5.74, 6) is -0.927. The van der Waals surface area contributed by atoms with Crippen LogP contribution in [0.5, 0.6) is 0 Å². The number of nitrogens with one attached hydrogen (secondary N) is 1. The number of pyridine rings is 1. The number of carbonyl (C=O) groups excluding carboxylic acids is 1. The molecule has 0 bridgehead atoms. The molecule has 0 spiro atoms. The van der Waals surface area contributed by atoms with Crippen molar-refractivity contribution in [2.45, 2.75) is 51.4 Å². The molecular weight excluding hydrogens is 331 g/mol. The Bertz CT molecular complexity index is 602. The summed E-state index contributed by atoms with van der Waals surface area (Å²) >= 11 is 0. The fourth-order valence-corrected chi connectivity index (χ4v) is 3.19. The van der Waals surface area contributed by atoms with E-state index in [9.17, 15) is 14.0 Å². The van der Waals surface area contributed by atoms with Crippen molar-refractivity contribution in [3.63, 3.8) is 0 Å². The van der Waals surface area contributed by atoms with Gasteiger partial charge in [-0.15, -0.1) is 0 Å². The Hall–Kier alpha value is -1.80. The Morgan fingerprint density at radius 3 is 2.50 bits per heavy atom. The van der Waals surface area contributed by atoms with Gasteiger partial charge in [0.05, 0.1) is 12.3 Å². The van der Waals surface area contributed by atoms with Crippen LogP contribution in [0, 0.1) is 5.82 Å². The first-order valence-corrected chi connectivity index (χ1v) is 10.6. The van der Waals surface area contributed by atoms with Crippen molar-refractivity contribution in [2.24, 2.45) is 0 Å².